The zero-order chi connectivity index (χ0) is 14.6. The molecular formula is C15H21NO4. The molecule has 1 atom stereocenters. The number of rotatable bonds is 5. The molecule has 0 aromatic heterocycles. The fraction of sp³-hybridized carbons (Fsp3) is 0.533. The molecule has 0 amide bonds. The molecule has 0 N–H and O–H groups in total. The van der Waals surface area contributed by atoms with E-state index in [-0.39, 0.29) is 11.7 Å². The quantitative estimate of drug-likeness (QED) is 0.614. The standard InChI is InChI=1S/C15H21NO4/c1-15(2)8-11(10-19-15)20-16-9-12-13(17-3)6-5-7-14(12)18-4/h5-7,9,11H,8,10H2,1-4H3/b16-9+. The monoisotopic (exact) mass is 279 g/mol. The number of benzene rings is 1. The van der Waals surface area contributed by atoms with Crippen LogP contribution < -0.4 is 9.47 Å². The van der Waals surface area contributed by atoms with Gasteiger partial charge < -0.3 is 19.0 Å². The van der Waals surface area contributed by atoms with Crippen molar-refractivity contribution >= 4 is 6.21 Å². The Kier molecular flexibility index (Phi) is 4.49. The molecule has 0 spiro atoms. The van der Waals surface area contributed by atoms with Gasteiger partial charge in [-0.1, -0.05) is 11.2 Å². The van der Waals surface area contributed by atoms with Crippen LogP contribution in [0.3, 0.4) is 0 Å². The van der Waals surface area contributed by atoms with Crippen LogP contribution in [0.15, 0.2) is 23.4 Å². The minimum atomic E-state index is -0.137. The van der Waals surface area contributed by atoms with Crippen molar-refractivity contribution < 1.29 is 19.0 Å². The van der Waals surface area contributed by atoms with Gasteiger partial charge in [0.1, 0.15) is 11.5 Å². The molecule has 1 aromatic carbocycles. The van der Waals surface area contributed by atoms with E-state index in [9.17, 15) is 0 Å². The van der Waals surface area contributed by atoms with E-state index < -0.39 is 0 Å². The number of nitrogens with zero attached hydrogens (tertiary/aromatic N) is 1. The minimum Gasteiger partial charge on any atom is -0.496 e. The summed E-state index contributed by atoms with van der Waals surface area (Å²) in [5.41, 5.74) is 0.623. The fourth-order valence-electron chi connectivity index (χ4n) is 2.23. The van der Waals surface area contributed by atoms with Crippen molar-refractivity contribution in [2.24, 2.45) is 5.16 Å². The van der Waals surface area contributed by atoms with Crippen molar-refractivity contribution in [3.05, 3.63) is 23.8 Å². The van der Waals surface area contributed by atoms with Gasteiger partial charge in [-0.05, 0) is 26.0 Å². The first-order valence-corrected chi connectivity index (χ1v) is 6.60. The first-order chi connectivity index (χ1) is 9.55. The highest BCUT2D eigenvalue weighted by Gasteiger charge is 2.33. The molecule has 20 heavy (non-hydrogen) atoms. The molecule has 1 heterocycles. The van der Waals surface area contributed by atoms with Crippen LogP contribution in [-0.2, 0) is 9.57 Å². The Morgan fingerprint density at radius 2 is 1.90 bits per heavy atom. The molecule has 5 heteroatoms. The Morgan fingerprint density at radius 1 is 1.25 bits per heavy atom. The van der Waals surface area contributed by atoms with Crippen LogP contribution in [0.25, 0.3) is 0 Å². The van der Waals surface area contributed by atoms with E-state index in [1.165, 1.54) is 0 Å². The highest BCUT2D eigenvalue weighted by molar-refractivity contribution is 5.87. The smallest absolute Gasteiger partial charge is 0.153 e. The Bertz CT molecular complexity index is 463. The lowest BCUT2D eigenvalue weighted by Crippen LogP contribution is -2.17. The fourth-order valence-corrected chi connectivity index (χ4v) is 2.23. The Labute approximate surface area is 119 Å². The van der Waals surface area contributed by atoms with Crippen LogP contribution in [-0.4, -0.2) is 38.7 Å². The first-order valence-electron chi connectivity index (χ1n) is 6.60. The average Bonchev–Trinajstić information content (AvgIpc) is 2.78. The Morgan fingerprint density at radius 3 is 2.40 bits per heavy atom. The van der Waals surface area contributed by atoms with Crippen LogP contribution in [0.4, 0.5) is 0 Å². The lowest BCUT2D eigenvalue weighted by atomic mass is 10.1. The number of methoxy groups -OCH3 is 2. The highest BCUT2D eigenvalue weighted by atomic mass is 16.7. The van der Waals surface area contributed by atoms with Crippen LogP contribution in [0.1, 0.15) is 25.8 Å². The van der Waals surface area contributed by atoms with Crippen molar-refractivity contribution in [2.45, 2.75) is 32.0 Å². The van der Waals surface area contributed by atoms with Gasteiger partial charge in [0.25, 0.3) is 0 Å². The molecule has 0 aliphatic carbocycles. The van der Waals surface area contributed by atoms with E-state index in [2.05, 4.69) is 5.16 Å². The molecule has 1 fully saturated rings. The van der Waals surface area contributed by atoms with Crippen molar-refractivity contribution in [1.82, 2.24) is 0 Å². The third-order valence-electron chi connectivity index (χ3n) is 3.24. The van der Waals surface area contributed by atoms with Crippen molar-refractivity contribution in [3.8, 4) is 11.5 Å². The molecule has 1 unspecified atom stereocenters. The van der Waals surface area contributed by atoms with E-state index >= 15 is 0 Å². The van der Waals surface area contributed by atoms with Gasteiger partial charge in [0.2, 0.25) is 0 Å². The van der Waals surface area contributed by atoms with Crippen molar-refractivity contribution in [2.75, 3.05) is 20.8 Å². The predicted molar refractivity (Wildman–Crippen MR) is 76.7 cm³/mol. The maximum Gasteiger partial charge on any atom is 0.153 e. The van der Waals surface area contributed by atoms with Crippen LogP contribution in [0.2, 0.25) is 0 Å². The van der Waals surface area contributed by atoms with Crippen molar-refractivity contribution in [1.29, 1.82) is 0 Å². The lowest BCUT2D eigenvalue weighted by Gasteiger charge is -2.14. The summed E-state index contributed by atoms with van der Waals surface area (Å²) in [6, 6.07) is 5.57. The lowest BCUT2D eigenvalue weighted by molar-refractivity contribution is 0.0186. The second-order valence-electron chi connectivity index (χ2n) is 5.31. The number of oxime groups is 1. The largest absolute Gasteiger partial charge is 0.496 e. The molecule has 0 bridgehead atoms. The van der Waals surface area contributed by atoms with Gasteiger partial charge in [-0.2, -0.15) is 0 Å². The van der Waals surface area contributed by atoms with Crippen molar-refractivity contribution in [3.63, 3.8) is 0 Å². The molecular weight excluding hydrogens is 258 g/mol. The molecule has 0 radical (unpaired) electrons. The van der Waals surface area contributed by atoms with Gasteiger partial charge in [-0.15, -0.1) is 0 Å². The predicted octanol–water partition coefficient (Wildman–Crippen LogP) is 2.62. The van der Waals surface area contributed by atoms with E-state index in [0.29, 0.717) is 18.1 Å². The number of hydrogen-bond acceptors (Lipinski definition) is 5. The highest BCUT2D eigenvalue weighted by Crippen LogP contribution is 2.28. The molecule has 1 aliphatic rings. The van der Waals surface area contributed by atoms with Gasteiger partial charge >= 0.3 is 0 Å². The summed E-state index contributed by atoms with van der Waals surface area (Å²) in [4.78, 5) is 5.47. The molecule has 2 rings (SSSR count). The summed E-state index contributed by atoms with van der Waals surface area (Å²) < 4.78 is 16.2. The molecule has 1 aliphatic heterocycles. The van der Waals surface area contributed by atoms with E-state index in [4.69, 9.17) is 19.0 Å². The summed E-state index contributed by atoms with van der Waals surface area (Å²) in [5, 5.41) is 4.04. The summed E-state index contributed by atoms with van der Waals surface area (Å²) in [6.45, 7) is 4.65. The number of ether oxygens (including phenoxy) is 3. The topological polar surface area (TPSA) is 49.3 Å². The third-order valence-corrected chi connectivity index (χ3v) is 3.24. The Hall–Kier alpha value is -1.75. The van der Waals surface area contributed by atoms with Gasteiger partial charge in [-0.3, -0.25) is 0 Å². The van der Waals surface area contributed by atoms with Gasteiger partial charge in [0.15, 0.2) is 6.10 Å². The van der Waals surface area contributed by atoms with E-state index in [0.717, 1.165) is 12.0 Å². The normalized spacial score (nSPS) is 21.1. The summed E-state index contributed by atoms with van der Waals surface area (Å²) in [6.07, 6.45) is 2.43. The SMILES string of the molecule is COc1cccc(OC)c1/C=N/OC1COC(C)(C)C1. The molecule has 1 aromatic rings. The molecule has 5 nitrogen and oxygen atoms in total. The van der Waals surface area contributed by atoms with Gasteiger partial charge in [-0.25, -0.2) is 0 Å². The van der Waals surface area contributed by atoms with Gasteiger partial charge in [0.05, 0.1) is 38.2 Å². The molecule has 110 valence electrons. The van der Waals surface area contributed by atoms with Crippen LogP contribution in [0.5, 0.6) is 11.5 Å². The second-order valence-corrected chi connectivity index (χ2v) is 5.31. The molecule has 1 saturated heterocycles. The van der Waals surface area contributed by atoms with Crippen LogP contribution in [0, 0.1) is 0 Å². The van der Waals surface area contributed by atoms with E-state index in [1.807, 2.05) is 32.0 Å². The second kappa shape index (κ2) is 6.13. The summed E-state index contributed by atoms with van der Waals surface area (Å²) in [5.74, 6) is 1.39. The minimum absolute atomic E-state index is 0.0121. The maximum atomic E-state index is 5.60. The maximum absolute atomic E-state index is 5.60. The zero-order valence-electron chi connectivity index (χ0n) is 12.4. The number of hydrogen-bond donors (Lipinski definition) is 0. The van der Waals surface area contributed by atoms with E-state index in [1.54, 1.807) is 20.4 Å². The molecule has 0 saturated carbocycles. The first kappa shape index (κ1) is 14.7. The zero-order valence-corrected chi connectivity index (χ0v) is 12.4. The average molecular weight is 279 g/mol. The van der Waals surface area contributed by atoms with Crippen LogP contribution >= 0.6 is 0 Å². The Balaban J connectivity index is 2.04. The third kappa shape index (κ3) is 3.42. The summed E-state index contributed by atoms with van der Waals surface area (Å²) in [7, 11) is 3.22. The van der Waals surface area contributed by atoms with Gasteiger partial charge in [0, 0.05) is 6.42 Å². The summed E-state index contributed by atoms with van der Waals surface area (Å²) >= 11 is 0.